The number of carbonyl (C=O) groups excluding carboxylic acids is 1. The van der Waals surface area contributed by atoms with Crippen LogP contribution in [0, 0.1) is 0 Å². The lowest BCUT2D eigenvalue weighted by atomic mass is 10.0. The molecule has 0 spiro atoms. The van der Waals surface area contributed by atoms with Gasteiger partial charge in [-0.1, -0.05) is 12.1 Å². The van der Waals surface area contributed by atoms with E-state index in [2.05, 4.69) is 9.55 Å². The zero-order chi connectivity index (χ0) is 16.5. The Bertz CT molecular complexity index is 840. The summed E-state index contributed by atoms with van der Waals surface area (Å²) >= 11 is 1.54. The number of amides is 1. The summed E-state index contributed by atoms with van der Waals surface area (Å²) in [6.45, 7) is 1.22. The molecule has 0 bridgehead atoms. The quantitative estimate of drug-likeness (QED) is 0.735. The molecule has 1 unspecified atom stereocenters. The molecular formula is C18H17N3O2S. The lowest BCUT2D eigenvalue weighted by molar-refractivity contribution is 0.0585. The van der Waals surface area contributed by atoms with Gasteiger partial charge in [0.15, 0.2) is 0 Å². The van der Waals surface area contributed by atoms with Crippen LogP contribution in [-0.4, -0.2) is 27.5 Å². The molecule has 1 aromatic carbocycles. The van der Waals surface area contributed by atoms with Crippen LogP contribution in [0.25, 0.3) is 0 Å². The van der Waals surface area contributed by atoms with Crippen LogP contribution in [0.1, 0.15) is 27.8 Å². The molecule has 1 aliphatic rings. The van der Waals surface area contributed by atoms with E-state index in [9.17, 15) is 4.79 Å². The van der Waals surface area contributed by atoms with E-state index in [1.165, 1.54) is 11.3 Å². The zero-order valence-electron chi connectivity index (χ0n) is 13.3. The molecule has 1 atom stereocenters. The Balaban J connectivity index is 1.71. The predicted octanol–water partition coefficient (Wildman–Crippen LogP) is 3.35. The van der Waals surface area contributed by atoms with Crippen molar-refractivity contribution in [3.05, 3.63) is 70.4 Å². The monoisotopic (exact) mass is 339 g/mol. The average molecular weight is 339 g/mol. The molecule has 6 heteroatoms. The highest BCUT2D eigenvalue weighted by Crippen LogP contribution is 2.31. The first-order valence-corrected chi connectivity index (χ1v) is 8.67. The molecule has 3 aromatic rings. The second-order valence-corrected chi connectivity index (χ2v) is 6.51. The molecule has 1 amide bonds. The zero-order valence-corrected chi connectivity index (χ0v) is 14.1. The van der Waals surface area contributed by atoms with Gasteiger partial charge in [-0.15, -0.1) is 0 Å². The van der Waals surface area contributed by atoms with Gasteiger partial charge in [-0.05, 0) is 29.1 Å². The van der Waals surface area contributed by atoms with Crippen molar-refractivity contribution in [1.82, 2.24) is 14.5 Å². The maximum atomic E-state index is 13.0. The van der Waals surface area contributed by atoms with E-state index in [0.29, 0.717) is 13.1 Å². The van der Waals surface area contributed by atoms with Crippen LogP contribution in [0.5, 0.6) is 5.75 Å². The Labute approximate surface area is 144 Å². The normalized spacial score (nSPS) is 16.7. The lowest BCUT2D eigenvalue weighted by Crippen LogP contribution is -2.41. The van der Waals surface area contributed by atoms with Crippen molar-refractivity contribution in [3.63, 3.8) is 0 Å². The van der Waals surface area contributed by atoms with Gasteiger partial charge < -0.3 is 14.2 Å². The second-order valence-electron chi connectivity index (χ2n) is 5.73. The highest BCUT2D eigenvalue weighted by molar-refractivity contribution is 7.08. The van der Waals surface area contributed by atoms with Crippen LogP contribution in [0.4, 0.5) is 0 Å². The number of carbonyl (C=O) groups is 1. The Morgan fingerprint density at radius 1 is 1.29 bits per heavy atom. The third-order valence-electron chi connectivity index (χ3n) is 4.39. The van der Waals surface area contributed by atoms with Crippen molar-refractivity contribution in [3.8, 4) is 5.75 Å². The average Bonchev–Trinajstić information content (AvgIpc) is 3.31. The predicted molar refractivity (Wildman–Crippen MR) is 92.2 cm³/mol. The van der Waals surface area contributed by atoms with E-state index < -0.39 is 0 Å². The van der Waals surface area contributed by atoms with E-state index in [1.54, 1.807) is 13.3 Å². The molecule has 24 heavy (non-hydrogen) atoms. The van der Waals surface area contributed by atoms with Gasteiger partial charge in [0, 0.05) is 24.3 Å². The first-order valence-electron chi connectivity index (χ1n) is 7.73. The van der Waals surface area contributed by atoms with Crippen molar-refractivity contribution in [2.45, 2.75) is 19.1 Å². The highest BCUT2D eigenvalue weighted by Gasteiger charge is 2.32. The van der Waals surface area contributed by atoms with Gasteiger partial charge in [0.1, 0.15) is 11.6 Å². The standard InChI is InChI=1S/C18H17N3O2S/c1-23-15-4-2-13(3-5-15)16-10-20-8-7-19-17(20)11-21(16)18(22)14-6-9-24-12-14/h2-9,12,16H,10-11H2,1H3. The fraction of sp³-hybridized carbons (Fsp3) is 0.222. The Hall–Kier alpha value is -2.60. The number of aromatic nitrogens is 2. The molecule has 0 radical (unpaired) electrons. The van der Waals surface area contributed by atoms with Crippen LogP contribution in [-0.2, 0) is 13.1 Å². The molecule has 0 saturated heterocycles. The Morgan fingerprint density at radius 2 is 2.12 bits per heavy atom. The van der Waals surface area contributed by atoms with Gasteiger partial charge in [-0.25, -0.2) is 4.98 Å². The van der Waals surface area contributed by atoms with Crippen molar-refractivity contribution in [2.24, 2.45) is 0 Å². The van der Waals surface area contributed by atoms with Gasteiger partial charge in [0.25, 0.3) is 5.91 Å². The number of nitrogens with zero attached hydrogens (tertiary/aromatic N) is 3. The SMILES string of the molecule is COc1ccc(C2Cn3ccnc3CN2C(=O)c2ccsc2)cc1. The van der Waals surface area contributed by atoms with Crippen molar-refractivity contribution >= 4 is 17.2 Å². The van der Waals surface area contributed by atoms with Crippen LogP contribution in [0.3, 0.4) is 0 Å². The molecule has 0 saturated carbocycles. The van der Waals surface area contributed by atoms with Crippen LogP contribution in [0.2, 0.25) is 0 Å². The maximum Gasteiger partial charge on any atom is 0.255 e. The summed E-state index contributed by atoms with van der Waals surface area (Å²) in [6.07, 6.45) is 3.76. The summed E-state index contributed by atoms with van der Waals surface area (Å²) in [5.74, 6) is 1.78. The van der Waals surface area contributed by atoms with E-state index >= 15 is 0 Å². The van der Waals surface area contributed by atoms with Gasteiger partial charge in [0.2, 0.25) is 0 Å². The Kier molecular flexibility index (Phi) is 3.82. The number of fused-ring (bicyclic) bond motifs is 1. The number of rotatable bonds is 3. The molecule has 0 fully saturated rings. The summed E-state index contributed by atoms with van der Waals surface area (Å²) in [5, 5.41) is 3.83. The molecule has 122 valence electrons. The van der Waals surface area contributed by atoms with Gasteiger partial charge in [0.05, 0.1) is 25.3 Å². The van der Waals surface area contributed by atoms with E-state index in [-0.39, 0.29) is 11.9 Å². The van der Waals surface area contributed by atoms with Crippen LogP contribution >= 0.6 is 11.3 Å². The second kappa shape index (κ2) is 6.13. The first-order chi connectivity index (χ1) is 11.8. The number of benzene rings is 1. The summed E-state index contributed by atoms with van der Waals surface area (Å²) < 4.78 is 7.36. The fourth-order valence-electron chi connectivity index (χ4n) is 3.08. The minimum absolute atomic E-state index is 0.0231. The van der Waals surface area contributed by atoms with E-state index in [0.717, 1.165) is 22.7 Å². The number of imidazole rings is 1. The molecule has 3 heterocycles. The smallest absolute Gasteiger partial charge is 0.255 e. The largest absolute Gasteiger partial charge is 0.497 e. The number of methoxy groups -OCH3 is 1. The number of ether oxygens (including phenoxy) is 1. The van der Waals surface area contributed by atoms with Gasteiger partial charge in [-0.2, -0.15) is 11.3 Å². The van der Waals surface area contributed by atoms with Crippen molar-refractivity contribution in [2.75, 3.05) is 7.11 Å². The lowest BCUT2D eigenvalue weighted by Gasteiger charge is -2.36. The van der Waals surface area contributed by atoms with Crippen molar-refractivity contribution in [1.29, 1.82) is 0 Å². The Morgan fingerprint density at radius 3 is 2.83 bits per heavy atom. The van der Waals surface area contributed by atoms with Gasteiger partial charge >= 0.3 is 0 Å². The summed E-state index contributed by atoms with van der Waals surface area (Å²) in [6, 6.07) is 9.78. The maximum absolute atomic E-state index is 13.0. The van der Waals surface area contributed by atoms with E-state index in [1.807, 2.05) is 52.2 Å². The molecule has 4 rings (SSSR count). The van der Waals surface area contributed by atoms with Crippen LogP contribution < -0.4 is 4.74 Å². The minimum Gasteiger partial charge on any atom is -0.497 e. The van der Waals surface area contributed by atoms with Crippen LogP contribution in [0.15, 0.2) is 53.5 Å². The third kappa shape index (κ3) is 2.59. The van der Waals surface area contributed by atoms with Crippen molar-refractivity contribution < 1.29 is 9.53 Å². The number of hydrogen-bond acceptors (Lipinski definition) is 4. The number of hydrogen-bond donors (Lipinski definition) is 0. The topological polar surface area (TPSA) is 47.4 Å². The van der Waals surface area contributed by atoms with Gasteiger partial charge in [-0.3, -0.25) is 4.79 Å². The molecule has 0 aliphatic carbocycles. The molecule has 5 nitrogen and oxygen atoms in total. The summed E-state index contributed by atoms with van der Waals surface area (Å²) in [5.41, 5.74) is 1.83. The fourth-order valence-corrected chi connectivity index (χ4v) is 3.71. The summed E-state index contributed by atoms with van der Waals surface area (Å²) in [7, 11) is 1.65. The minimum atomic E-state index is -0.0231. The third-order valence-corrected chi connectivity index (χ3v) is 5.07. The van der Waals surface area contributed by atoms with E-state index in [4.69, 9.17) is 4.74 Å². The first kappa shape index (κ1) is 15.0. The number of thiophene rings is 1. The molecule has 0 N–H and O–H groups in total. The summed E-state index contributed by atoms with van der Waals surface area (Å²) in [4.78, 5) is 19.3. The molecule has 1 aliphatic heterocycles. The highest BCUT2D eigenvalue weighted by atomic mass is 32.1. The molecule has 2 aromatic heterocycles. The molecular weight excluding hydrogens is 322 g/mol.